The van der Waals surface area contributed by atoms with Crippen LogP contribution in [-0.2, 0) is 44.7 Å². The molecule has 5 aromatic rings. The van der Waals surface area contributed by atoms with E-state index < -0.39 is 29.4 Å². The van der Waals surface area contributed by atoms with E-state index in [2.05, 4.69) is 45.0 Å². The molecule has 3 N–H and O–H groups in total. The Hall–Kier alpha value is -5.41. The molecule has 1 fully saturated rings. The summed E-state index contributed by atoms with van der Waals surface area (Å²) in [5.74, 6) is 0.220. The monoisotopic (exact) mass is 1030 g/mol. The number of ether oxygens (including phenoxy) is 4. The number of amides is 4. The van der Waals surface area contributed by atoms with E-state index in [0.29, 0.717) is 76.4 Å². The second-order valence-corrected chi connectivity index (χ2v) is 21.1. The molecule has 0 spiro atoms. The number of aliphatic imine (C=N–C) groups is 1. The van der Waals surface area contributed by atoms with Crippen molar-refractivity contribution in [1.82, 2.24) is 40.6 Å². The number of nitrogens with one attached hydrogen (secondary N) is 3. The molecule has 0 saturated carbocycles. The molecule has 5 heterocycles. The normalized spacial score (nSPS) is 15.9. The largest absolute Gasteiger partial charge is 0.377 e. The third-order valence-corrected chi connectivity index (χ3v) is 14.8. The average molecular weight is 1030 g/mol. The van der Waals surface area contributed by atoms with Gasteiger partial charge in [0.15, 0.2) is 5.82 Å². The van der Waals surface area contributed by atoms with Gasteiger partial charge in [-0.25, -0.2) is 4.98 Å². The Labute approximate surface area is 428 Å². The van der Waals surface area contributed by atoms with Gasteiger partial charge in [-0.2, -0.15) is 0 Å². The van der Waals surface area contributed by atoms with Crippen molar-refractivity contribution in [2.24, 2.45) is 10.4 Å². The van der Waals surface area contributed by atoms with Gasteiger partial charge in [-0.15, -0.1) is 32.9 Å². The van der Waals surface area contributed by atoms with E-state index >= 15 is 0 Å². The molecule has 2 aromatic carbocycles. The van der Waals surface area contributed by atoms with Gasteiger partial charge in [-0.1, -0.05) is 68.8 Å². The van der Waals surface area contributed by atoms with Gasteiger partial charge in [0.25, 0.3) is 0 Å². The summed E-state index contributed by atoms with van der Waals surface area (Å²) >= 11 is 9.48. The van der Waals surface area contributed by atoms with E-state index in [1.54, 1.807) is 27.6 Å². The fourth-order valence-corrected chi connectivity index (χ4v) is 10.6. The summed E-state index contributed by atoms with van der Waals surface area (Å²) in [6.45, 7) is 16.6. The number of thiophene rings is 1. The number of rotatable bonds is 23. The van der Waals surface area contributed by atoms with Gasteiger partial charge in [-0.3, -0.25) is 28.7 Å². The molecule has 2 aliphatic rings. The quantitative estimate of drug-likeness (QED) is 0.0593. The topological polar surface area (TPSA) is 200 Å². The lowest BCUT2D eigenvalue weighted by Gasteiger charge is -2.35. The molecule has 17 nitrogen and oxygen atoms in total. The molecule has 2 aliphatic heterocycles. The van der Waals surface area contributed by atoms with Gasteiger partial charge in [-0.05, 0) is 74.8 Å². The van der Waals surface area contributed by atoms with Crippen LogP contribution in [0.25, 0.3) is 15.4 Å². The van der Waals surface area contributed by atoms with Crippen LogP contribution in [0.4, 0.5) is 0 Å². The smallest absolute Gasteiger partial charge is 0.246 e. The first-order chi connectivity index (χ1) is 34.1. The van der Waals surface area contributed by atoms with E-state index in [-0.39, 0.29) is 44.0 Å². The van der Waals surface area contributed by atoms with Gasteiger partial charge < -0.3 is 39.8 Å². The molecule has 7 rings (SSSR count). The van der Waals surface area contributed by atoms with Crippen molar-refractivity contribution in [3.63, 3.8) is 0 Å². The van der Waals surface area contributed by atoms with Crippen LogP contribution >= 0.6 is 34.3 Å². The highest BCUT2D eigenvalue weighted by Crippen LogP contribution is 2.40. The van der Waals surface area contributed by atoms with E-state index in [4.69, 9.17) is 35.5 Å². The van der Waals surface area contributed by atoms with Gasteiger partial charge in [0.05, 0.1) is 74.5 Å². The van der Waals surface area contributed by atoms with Gasteiger partial charge in [0.1, 0.15) is 35.6 Å². The molecule has 4 amide bonds. The zero-order valence-corrected chi connectivity index (χ0v) is 43.9. The van der Waals surface area contributed by atoms with Crippen LogP contribution in [0.5, 0.6) is 0 Å². The maximum Gasteiger partial charge on any atom is 0.246 e. The number of nitrogens with zero attached hydrogens (tertiary/aromatic N) is 6. The third kappa shape index (κ3) is 13.8. The summed E-state index contributed by atoms with van der Waals surface area (Å²) in [5, 5.41) is 19.3. The SMILES string of the molecule is Cc1ncsc1-c1ccc(CNC(=O)[C@@H]2CCCN2C(=O)C(NC(=O)COCCOCCOCCOCCNC(=O)C[C@@H]2N=C(c3ccc(Cl)cc3)c3c(sc(C)c3C)-n3c(C)nnc32)C(C)(C)C)cc1. The summed E-state index contributed by atoms with van der Waals surface area (Å²) in [6.07, 6.45) is 1.32. The van der Waals surface area contributed by atoms with Crippen LogP contribution in [0.2, 0.25) is 5.02 Å². The minimum Gasteiger partial charge on any atom is -0.377 e. The minimum absolute atomic E-state index is 0.0808. The van der Waals surface area contributed by atoms with Crippen LogP contribution in [0.3, 0.4) is 0 Å². The number of carbonyl (C=O) groups excluding carboxylic acids is 4. The number of benzene rings is 2. The van der Waals surface area contributed by atoms with E-state index in [0.717, 1.165) is 54.9 Å². The first kappa shape index (κ1) is 53.4. The van der Waals surface area contributed by atoms with Crippen molar-refractivity contribution < 1.29 is 38.1 Å². The zero-order chi connectivity index (χ0) is 50.7. The average Bonchev–Trinajstić information content (AvgIpc) is 4.14. The molecule has 1 unspecified atom stereocenters. The van der Waals surface area contributed by atoms with Crippen LogP contribution in [0.15, 0.2) is 59.0 Å². The predicted octanol–water partition coefficient (Wildman–Crippen LogP) is 6.64. The van der Waals surface area contributed by atoms with Gasteiger partial charge >= 0.3 is 0 Å². The number of hydrogen-bond donors (Lipinski definition) is 3. The van der Waals surface area contributed by atoms with Gasteiger partial charge in [0, 0.05) is 40.7 Å². The van der Waals surface area contributed by atoms with Crippen molar-refractivity contribution >= 4 is 63.6 Å². The second-order valence-electron chi connectivity index (χ2n) is 18.6. The number of fused-ring (bicyclic) bond motifs is 3. The lowest BCUT2D eigenvalue weighted by Crippen LogP contribution is -2.58. The Morgan fingerprint density at radius 3 is 2.15 bits per heavy atom. The van der Waals surface area contributed by atoms with Crippen molar-refractivity contribution in [3.05, 3.63) is 104 Å². The number of carbonyl (C=O) groups is 4. The van der Waals surface area contributed by atoms with Crippen molar-refractivity contribution in [2.75, 3.05) is 65.9 Å². The highest BCUT2D eigenvalue weighted by atomic mass is 35.5. The fraction of sp³-hybridized carbons (Fsp3) is 0.490. The lowest BCUT2D eigenvalue weighted by atomic mass is 9.85. The molecular weight excluding hydrogens is 966 g/mol. The lowest BCUT2D eigenvalue weighted by molar-refractivity contribution is -0.144. The molecule has 3 atom stereocenters. The number of halogens is 1. The molecule has 0 radical (unpaired) electrons. The molecule has 380 valence electrons. The number of likely N-dealkylation sites (tertiary alicyclic amines) is 1. The second kappa shape index (κ2) is 24.8. The molecule has 1 saturated heterocycles. The zero-order valence-electron chi connectivity index (χ0n) is 41.5. The molecule has 0 aliphatic carbocycles. The fourth-order valence-electron chi connectivity index (χ4n) is 8.45. The third-order valence-electron chi connectivity index (χ3n) is 12.3. The van der Waals surface area contributed by atoms with Crippen LogP contribution in [0.1, 0.15) is 90.5 Å². The first-order valence-electron chi connectivity index (χ1n) is 23.9. The first-order valence-corrected chi connectivity index (χ1v) is 26.0. The Morgan fingerprint density at radius 2 is 1.49 bits per heavy atom. The Morgan fingerprint density at radius 1 is 0.831 bits per heavy atom. The predicted molar refractivity (Wildman–Crippen MR) is 274 cm³/mol. The Balaban J connectivity index is 0.745. The number of hydrogen-bond acceptors (Lipinski definition) is 14. The molecular formula is C51H64ClN9O8S2. The van der Waals surface area contributed by atoms with Crippen molar-refractivity contribution in [1.29, 1.82) is 0 Å². The molecule has 3 aromatic heterocycles. The summed E-state index contributed by atoms with van der Waals surface area (Å²) in [5.41, 5.74) is 8.05. The minimum atomic E-state index is -0.855. The number of thiazole rings is 1. The summed E-state index contributed by atoms with van der Waals surface area (Å²) in [7, 11) is 0. The van der Waals surface area contributed by atoms with Crippen LogP contribution in [0, 0.1) is 33.1 Å². The maximum atomic E-state index is 13.9. The van der Waals surface area contributed by atoms with Crippen LogP contribution in [-0.4, -0.2) is 132 Å². The van der Waals surface area contributed by atoms with E-state index in [9.17, 15) is 19.2 Å². The van der Waals surface area contributed by atoms with Gasteiger partial charge in [0.2, 0.25) is 23.6 Å². The van der Waals surface area contributed by atoms with Crippen molar-refractivity contribution in [3.8, 4) is 15.4 Å². The summed E-state index contributed by atoms with van der Waals surface area (Å²) in [6, 6.07) is 13.6. The molecule has 0 bridgehead atoms. The Bertz CT molecular complexity index is 2660. The standard InChI is InChI=1S/C51H64ClN9O8S2/c1-31-33(3)71-50-43(31)44(36-14-16-38(52)17-15-36)56-39(47-59-58-34(4)61(47)50)27-41(62)53-18-20-66-21-22-67-23-24-68-25-26-69-29-42(63)57-46(51(5,6)7)49(65)60-19-8-9-40(60)48(64)54-28-35-10-12-37(13-11-35)45-32(2)55-30-70-45/h10-17,30,39-40,46H,8-9,18-29H2,1-7H3,(H,53,62)(H,54,64)(H,57,63)/t39-,40-,46?/m0/s1. The molecule has 20 heteroatoms. The highest BCUT2D eigenvalue weighted by Gasteiger charge is 2.42. The summed E-state index contributed by atoms with van der Waals surface area (Å²) < 4.78 is 24.5. The molecule has 71 heavy (non-hydrogen) atoms. The maximum absolute atomic E-state index is 13.9. The number of aromatic nitrogens is 4. The summed E-state index contributed by atoms with van der Waals surface area (Å²) in [4.78, 5) is 66.9. The van der Waals surface area contributed by atoms with Crippen molar-refractivity contribution in [2.45, 2.75) is 92.4 Å². The Kier molecular flexibility index (Phi) is 18.7. The number of aryl methyl sites for hydroxylation is 3. The van der Waals surface area contributed by atoms with E-state index in [1.807, 2.05) is 93.2 Å². The van der Waals surface area contributed by atoms with Crippen LogP contribution < -0.4 is 16.0 Å². The highest BCUT2D eigenvalue weighted by molar-refractivity contribution is 7.15. The van der Waals surface area contributed by atoms with E-state index in [1.165, 1.54) is 4.88 Å².